The normalized spacial score (nSPS) is 14.1. The quantitative estimate of drug-likeness (QED) is 0.270. The van der Waals surface area contributed by atoms with Gasteiger partial charge in [0.25, 0.3) is 0 Å². The Morgan fingerprint density at radius 1 is 1.80 bits per heavy atom. The van der Waals surface area contributed by atoms with Crippen molar-refractivity contribution < 1.29 is 5.21 Å². The van der Waals surface area contributed by atoms with Crippen LogP contribution in [0.1, 0.15) is 12.7 Å². The highest BCUT2D eigenvalue weighted by atomic mass is 16.4. The van der Waals surface area contributed by atoms with Crippen LogP contribution in [0.15, 0.2) is 17.5 Å². The number of hydrogen-bond donors (Lipinski definition) is 3. The summed E-state index contributed by atoms with van der Waals surface area (Å²) in [4.78, 5) is 4.19. The predicted molar refractivity (Wildman–Crippen MR) is 57.8 cm³/mol. The second kappa shape index (κ2) is 5.35. The van der Waals surface area contributed by atoms with Crippen molar-refractivity contribution in [2.24, 2.45) is 17.9 Å². The Morgan fingerprint density at radius 2 is 2.53 bits per heavy atom. The third-order valence-corrected chi connectivity index (χ3v) is 2.28. The van der Waals surface area contributed by atoms with Crippen LogP contribution in [0.5, 0.6) is 0 Å². The minimum Gasteiger partial charge on any atom is -0.409 e. The number of nitrogens with one attached hydrogen (secondary N) is 1. The van der Waals surface area contributed by atoms with Crippen LogP contribution in [-0.4, -0.2) is 33.2 Å². The molecule has 0 aliphatic rings. The van der Waals surface area contributed by atoms with Crippen molar-refractivity contribution in [3.8, 4) is 0 Å². The van der Waals surface area contributed by atoms with Gasteiger partial charge < -0.3 is 20.8 Å². The van der Waals surface area contributed by atoms with E-state index in [1.807, 2.05) is 24.7 Å². The molecule has 4 N–H and O–H groups in total. The Hall–Kier alpha value is -1.56. The van der Waals surface area contributed by atoms with E-state index in [-0.39, 0.29) is 11.9 Å². The maximum atomic E-state index is 8.44. The van der Waals surface area contributed by atoms with E-state index in [2.05, 4.69) is 15.5 Å². The molecule has 0 saturated heterocycles. The lowest BCUT2D eigenvalue weighted by Gasteiger charge is -2.11. The zero-order valence-corrected chi connectivity index (χ0v) is 9.01. The molecule has 0 aliphatic carbocycles. The van der Waals surface area contributed by atoms with E-state index in [0.717, 1.165) is 18.8 Å². The van der Waals surface area contributed by atoms with Crippen LogP contribution in [0.2, 0.25) is 0 Å². The van der Waals surface area contributed by atoms with Crippen LogP contribution in [-0.2, 0) is 13.5 Å². The summed E-state index contributed by atoms with van der Waals surface area (Å²) in [6.45, 7) is 2.58. The summed E-state index contributed by atoms with van der Waals surface area (Å²) in [6.07, 6.45) is 4.48. The molecular formula is C9H17N5O. The zero-order valence-electron chi connectivity index (χ0n) is 9.01. The smallest absolute Gasteiger partial charge is 0.156 e. The van der Waals surface area contributed by atoms with E-state index in [0.29, 0.717) is 0 Å². The molecule has 0 fully saturated rings. The fraction of sp³-hybridized carbons (Fsp3) is 0.556. The van der Waals surface area contributed by atoms with Crippen LogP contribution in [0.4, 0.5) is 0 Å². The third-order valence-electron chi connectivity index (χ3n) is 2.28. The number of nitrogens with two attached hydrogens (primary N) is 1. The molecule has 1 aromatic heterocycles. The lowest BCUT2D eigenvalue weighted by molar-refractivity contribution is 0.315. The van der Waals surface area contributed by atoms with Gasteiger partial charge in [0, 0.05) is 32.4 Å². The monoisotopic (exact) mass is 211 g/mol. The molecule has 0 spiro atoms. The molecule has 0 amide bonds. The van der Waals surface area contributed by atoms with Crippen LogP contribution < -0.4 is 11.1 Å². The molecule has 0 bridgehead atoms. The molecule has 6 nitrogen and oxygen atoms in total. The SMILES string of the molecule is CC(NCCc1nccn1C)C(N)=NO. The fourth-order valence-corrected chi connectivity index (χ4v) is 1.23. The van der Waals surface area contributed by atoms with Gasteiger partial charge in [-0.05, 0) is 6.92 Å². The minimum absolute atomic E-state index is 0.129. The molecule has 0 aromatic carbocycles. The van der Waals surface area contributed by atoms with E-state index >= 15 is 0 Å². The predicted octanol–water partition coefficient (Wildman–Crippen LogP) is -0.313. The first kappa shape index (κ1) is 11.5. The van der Waals surface area contributed by atoms with Crippen molar-refractivity contribution in [2.45, 2.75) is 19.4 Å². The lowest BCUT2D eigenvalue weighted by atomic mass is 10.3. The third kappa shape index (κ3) is 3.25. The summed E-state index contributed by atoms with van der Waals surface area (Å²) in [5.41, 5.74) is 5.42. The summed E-state index contributed by atoms with van der Waals surface area (Å²) in [6, 6.07) is -0.129. The highest BCUT2D eigenvalue weighted by Crippen LogP contribution is 1.94. The standard InChI is InChI=1S/C9H17N5O/c1-7(9(10)13-15)11-4-3-8-12-5-6-14(8)2/h5-7,11,15H,3-4H2,1-2H3,(H2,10,13). The van der Waals surface area contributed by atoms with Gasteiger partial charge in [-0.2, -0.15) is 0 Å². The second-order valence-electron chi connectivity index (χ2n) is 3.41. The van der Waals surface area contributed by atoms with Gasteiger partial charge in [0.1, 0.15) is 5.82 Å². The molecule has 0 saturated carbocycles. The molecular weight excluding hydrogens is 194 g/mol. The number of hydrogen-bond acceptors (Lipinski definition) is 4. The van der Waals surface area contributed by atoms with Gasteiger partial charge in [-0.15, -0.1) is 0 Å². The number of aryl methyl sites for hydroxylation is 1. The number of oxime groups is 1. The van der Waals surface area contributed by atoms with Crippen molar-refractivity contribution in [3.05, 3.63) is 18.2 Å². The summed E-state index contributed by atoms with van der Waals surface area (Å²) in [7, 11) is 1.95. The Labute approximate surface area is 88.8 Å². The first-order chi connectivity index (χ1) is 7.15. The number of imidazole rings is 1. The lowest BCUT2D eigenvalue weighted by Crippen LogP contribution is -2.40. The summed E-state index contributed by atoms with van der Waals surface area (Å²) in [5.74, 6) is 1.20. The summed E-state index contributed by atoms with van der Waals surface area (Å²) in [5, 5.41) is 14.5. The van der Waals surface area contributed by atoms with E-state index in [4.69, 9.17) is 10.9 Å². The van der Waals surface area contributed by atoms with Gasteiger partial charge in [-0.25, -0.2) is 4.98 Å². The van der Waals surface area contributed by atoms with Gasteiger partial charge >= 0.3 is 0 Å². The Balaban J connectivity index is 2.31. The molecule has 1 unspecified atom stereocenters. The van der Waals surface area contributed by atoms with Gasteiger partial charge in [-0.3, -0.25) is 0 Å². The fourth-order valence-electron chi connectivity index (χ4n) is 1.23. The number of nitrogens with zero attached hydrogens (tertiary/aromatic N) is 3. The molecule has 0 aliphatic heterocycles. The topological polar surface area (TPSA) is 88.5 Å². The van der Waals surface area contributed by atoms with Gasteiger partial charge in [0.05, 0.1) is 6.04 Å². The maximum Gasteiger partial charge on any atom is 0.156 e. The van der Waals surface area contributed by atoms with Crippen LogP contribution in [0.3, 0.4) is 0 Å². The van der Waals surface area contributed by atoms with Crippen LogP contribution >= 0.6 is 0 Å². The maximum absolute atomic E-state index is 8.44. The van der Waals surface area contributed by atoms with Crippen LogP contribution in [0, 0.1) is 0 Å². The van der Waals surface area contributed by atoms with E-state index in [1.165, 1.54) is 0 Å². The molecule has 1 rings (SSSR count). The van der Waals surface area contributed by atoms with Gasteiger partial charge in [0.15, 0.2) is 5.84 Å². The number of aromatic nitrogens is 2. The average Bonchev–Trinajstić information content (AvgIpc) is 2.63. The van der Waals surface area contributed by atoms with Gasteiger partial charge in [-0.1, -0.05) is 5.16 Å². The zero-order chi connectivity index (χ0) is 11.3. The molecule has 1 aromatic rings. The Morgan fingerprint density at radius 3 is 3.07 bits per heavy atom. The number of amidine groups is 1. The molecule has 84 valence electrons. The van der Waals surface area contributed by atoms with E-state index in [1.54, 1.807) is 6.20 Å². The van der Waals surface area contributed by atoms with Crippen molar-refractivity contribution in [2.75, 3.05) is 6.54 Å². The second-order valence-corrected chi connectivity index (χ2v) is 3.41. The molecule has 1 heterocycles. The summed E-state index contributed by atoms with van der Waals surface area (Å²) < 4.78 is 1.97. The first-order valence-corrected chi connectivity index (χ1v) is 4.82. The Bertz CT molecular complexity index is 333. The van der Waals surface area contributed by atoms with E-state index in [9.17, 15) is 0 Å². The van der Waals surface area contributed by atoms with E-state index < -0.39 is 0 Å². The van der Waals surface area contributed by atoms with Crippen molar-refractivity contribution in [1.29, 1.82) is 0 Å². The molecule has 0 radical (unpaired) electrons. The molecule has 15 heavy (non-hydrogen) atoms. The average molecular weight is 211 g/mol. The Kier molecular flexibility index (Phi) is 4.11. The largest absolute Gasteiger partial charge is 0.409 e. The molecule has 1 atom stereocenters. The summed E-state index contributed by atoms with van der Waals surface area (Å²) >= 11 is 0. The van der Waals surface area contributed by atoms with Crippen molar-refractivity contribution >= 4 is 5.84 Å². The van der Waals surface area contributed by atoms with Crippen molar-refractivity contribution in [1.82, 2.24) is 14.9 Å². The molecule has 6 heteroatoms. The first-order valence-electron chi connectivity index (χ1n) is 4.82. The number of rotatable bonds is 5. The highest BCUT2D eigenvalue weighted by Gasteiger charge is 2.06. The highest BCUT2D eigenvalue weighted by molar-refractivity contribution is 5.84. The van der Waals surface area contributed by atoms with Crippen molar-refractivity contribution in [3.63, 3.8) is 0 Å². The minimum atomic E-state index is -0.129. The van der Waals surface area contributed by atoms with Gasteiger partial charge in [0.2, 0.25) is 0 Å². The van der Waals surface area contributed by atoms with Crippen LogP contribution in [0.25, 0.3) is 0 Å².